The van der Waals surface area contributed by atoms with E-state index in [-0.39, 0.29) is 6.42 Å². The lowest BCUT2D eigenvalue weighted by molar-refractivity contribution is -0.348. The standard InChI is InChI=1S/C19H31F7O2/c1-2-3-4-5-6-7-8-9-10-11-12-13-14-15-28-16(27)17(20,21)18(22,23)19(24,25)26/h2-15H2,1H3. The van der Waals surface area contributed by atoms with Crippen LogP contribution in [0.5, 0.6) is 0 Å². The first-order chi connectivity index (χ1) is 13.0. The minimum atomic E-state index is -6.54. The Balaban J connectivity index is 3.72. The molecular formula is C19H31F7O2. The molecule has 0 heterocycles. The van der Waals surface area contributed by atoms with Crippen molar-refractivity contribution in [3.05, 3.63) is 0 Å². The summed E-state index contributed by atoms with van der Waals surface area (Å²) in [5.41, 5.74) is 0. The van der Waals surface area contributed by atoms with Gasteiger partial charge in [0.05, 0.1) is 6.61 Å². The van der Waals surface area contributed by atoms with Crippen LogP contribution >= 0.6 is 0 Å². The van der Waals surface area contributed by atoms with E-state index in [1.54, 1.807) is 0 Å². The molecule has 0 aliphatic rings. The maximum Gasteiger partial charge on any atom is 0.460 e. The van der Waals surface area contributed by atoms with E-state index in [2.05, 4.69) is 11.7 Å². The Labute approximate surface area is 162 Å². The summed E-state index contributed by atoms with van der Waals surface area (Å²) in [5, 5.41) is 0. The van der Waals surface area contributed by atoms with Crippen LogP contribution in [0.4, 0.5) is 30.7 Å². The van der Waals surface area contributed by atoms with Crippen molar-refractivity contribution in [3.8, 4) is 0 Å². The van der Waals surface area contributed by atoms with Gasteiger partial charge in [-0.2, -0.15) is 30.7 Å². The Morgan fingerprint density at radius 3 is 1.36 bits per heavy atom. The summed E-state index contributed by atoms with van der Waals surface area (Å²) in [5.74, 6) is -15.3. The van der Waals surface area contributed by atoms with Gasteiger partial charge >= 0.3 is 24.0 Å². The van der Waals surface area contributed by atoms with Crippen molar-refractivity contribution >= 4 is 5.97 Å². The maximum absolute atomic E-state index is 13.0. The molecule has 0 unspecified atom stereocenters. The summed E-state index contributed by atoms with van der Waals surface area (Å²) < 4.78 is 91.1. The zero-order valence-corrected chi connectivity index (χ0v) is 16.4. The molecule has 0 spiro atoms. The van der Waals surface area contributed by atoms with E-state index >= 15 is 0 Å². The van der Waals surface area contributed by atoms with Crippen LogP contribution in [-0.2, 0) is 9.53 Å². The second-order valence-corrected chi connectivity index (χ2v) is 7.03. The highest BCUT2D eigenvalue weighted by Gasteiger charge is 2.77. The predicted octanol–water partition coefficient (Wildman–Crippen LogP) is 7.45. The first-order valence-corrected chi connectivity index (χ1v) is 9.98. The minimum Gasteiger partial charge on any atom is -0.461 e. The number of rotatable bonds is 16. The first-order valence-electron chi connectivity index (χ1n) is 9.98. The molecule has 0 aromatic carbocycles. The van der Waals surface area contributed by atoms with Gasteiger partial charge in [0.2, 0.25) is 0 Å². The predicted molar refractivity (Wildman–Crippen MR) is 92.6 cm³/mol. The van der Waals surface area contributed by atoms with Gasteiger partial charge in [-0.3, -0.25) is 0 Å². The molecule has 0 aliphatic carbocycles. The van der Waals surface area contributed by atoms with Gasteiger partial charge in [0, 0.05) is 0 Å². The normalized spacial score (nSPS) is 13.0. The van der Waals surface area contributed by atoms with Crippen LogP contribution in [0.1, 0.15) is 90.4 Å². The average molecular weight is 424 g/mol. The monoisotopic (exact) mass is 424 g/mol. The summed E-state index contributed by atoms with van der Waals surface area (Å²) in [7, 11) is 0. The number of carbonyl (C=O) groups excluding carboxylic acids is 1. The Bertz CT molecular complexity index is 423. The Morgan fingerprint density at radius 1 is 0.643 bits per heavy atom. The summed E-state index contributed by atoms with van der Waals surface area (Å²) in [4.78, 5) is 10.9. The van der Waals surface area contributed by atoms with E-state index < -0.39 is 30.6 Å². The van der Waals surface area contributed by atoms with E-state index in [4.69, 9.17) is 0 Å². The molecule has 0 saturated carbocycles. The van der Waals surface area contributed by atoms with Crippen molar-refractivity contribution in [3.63, 3.8) is 0 Å². The molecule has 9 heteroatoms. The van der Waals surface area contributed by atoms with Gasteiger partial charge in [0.25, 0.3) is 0 Å². The maximum atomic E-state index is 13.0. The van der Waals surface area contributed by atoms with Crippen molar-refractivity contribution in [2.45, 2.75) is 108 Å². The van der Waals surface area contributed by atoms with Gasteiger partial charge < -0.3 is 4.74 Å². The van der Waals surface area contributed by atoms with Crippen LogP contribution in [0.2, 0.25) is 0 Å². The highest BCUT2D eigenvalue weighted by Crippen LogP contribution is 2.46. The highest BCUT2D eigenvalue weighted by atomic mass is 19.4. The van der Waals surface area contributed by atoms with Crippen LogP contribution in [0, 0.1) is 0 Å². The number of ether oxygens (including phenoxy) is 1. The van der Waals surface area contributed by atoms with E-state index in [0.29, 0.717) is 6.42 Å². The van der Waals surface area contributed by atoms with Crippen molar-refractivity contribution in [2.24, 2.45) is 0 Å². The van der Waals surface area contributed by atoms with E-state index in [0.717, 1.165) is 32.1 Å². The molecule has 0 rings (SSSR count). The molecule has 168 valence electrons. The van der Waals surface area contributed by atoms with Gasteiger partial charge in [-0.15, -0.1) is 0 Å². The Kier molecular flexibility index (Phi) is 12.8. The topological polar surface area (TPSA) is 26.3 Å². The third-order valence-corrected chi connectivity index (χ3v) is 4.49. The minimum absolute atomic E-state index is 0.136. The molecule has 0 aromatic heterocycles. The van der Waals surface area contributed by atoms with Crippen LogP contribution in [0.3, 0.4) is 0 Å². The zero-order valence-electron chi connectivity index (χ0n) is 16.4. The van der Waals surface area contributed by atoms with Gasteiger partial charge in [0.15, 0.2) is 0 Å². The Hall–Kier alpha value is -1.02. The van der Waals surface area contributed by atoms with Crippen LogP contribution in [-0.4, -0.2) is 30.6 Å². The molecule has 28 heavy (non-hydrogen) atoms. The number of alkyl halides is 7. The summed E-state index contributed by atoms with van der Waals surface area (Å²) in [6.07, 6.45) is 6.54. The second-order valence-electron chi connectivity index (χ2n) is 7.03. The van der Waals surface area contributed by atoms with Crippen LogP contribution in [0.25, 0.3) is 0 Å². The molecule has 0 atom stereocenters. The molecule has 0 N–H and O–H groups in total. The molecule has 0 saturated heterocycles. The van der Waals surface area contributed by atoms with Gasteiger partial charge in [0.1, 0.15) is 0 Å². The molecule has 0 aromatic rings. The quantitative estimate of drug-likeness (QED) is 0.146. The zero-order chi connectivity index (χ0) is 21.7. The molecule has 0 fully saturated rings. The molecular weight excluding hydrogens is 393 g/mol. The van der Waals surface area contributed by atoms with Gasteiger partial charge in [-0.1, -0.05) is 84.0 Å². The highest BCUT2D eigenvalue weighted by molar-refractivity contribution is 5.79. The SMILES string of the molecule is CCCCCCCCCCCCCCCOC(=O)C(F)(F)C(F)(F)C(F)(F)F. The largest absolute Gasteiger partial charge is 0.461 e. The van der Waals surface area contributed by atoms with Gasteiger partial charge in [-0.05, 0) is 6.42 Å². The fourth-order valence-electron chi connectivity index (χ4n) is 2.68. The van der Waals surface area contributed by atoms with Crippen LogP contribution < -0.4 is 0 Å². The van der Waals surface area contributed by atoms with Crippen molar-refractivity contribution < 1.29 is 40.3 Å². The lowest BCUT2D eigenvalue weighted by Gasteiger charge is -2.26. The summed E-state index contributed by atoms with van der Waals surface area (Å²) >= 11 is 0. The van der Waals surface area contributed by atoms with E-state index in [9.17, 15) is 35.5 Å². The van der Waals surface area contributed by atoms with Crippen molar-refractivity contribution in [1.29, 1.82) is 0 Å². The lowest BCUT2D eigenvalue weighted by atomic mass is 10.0. The third kappa shape index (κ3) is 9.45. The van der Waals surface area contributed by atoms with Crippen LogP contribution in [0.15, 0.2) is 0 Å². The van der Waals surface area contributed by atoms with Crippen molar-refractivity contribution in [1.82, 2.24) is 0 Å². The number of hydrogen-bond acceptors (Lipinski definition) is 2. The fourth-order valence-corrected chi connectivity index (χ4v) is 2.68. The summed E-state index contributed by atoms with van der Waals surface area (Å²) in [6.45, 7) is 1.56. The fraction of sp³-hybridized carbons (Fsp3) is 0.947. The lowest BCUT2D eigenvalue weighted by Crippen LogP contribution is -2.56. The Morgan fingerprint density at radius 2 is 1.00 bits per heavy atom. The van der Waals surface area contributed by atoms with Gasteiger partial charge in [-0.25, -0.2) is 4.79 Å². The molecule has 0 aliphatic heterocycles. The average Bonchev–Trinajstić information content (AvgIpc) is 2.60. The number of halogens is 7. The van der Waals surface area contributed by atoms with E-state index in [1.807, 2.05) is 0 Å². The summed E-state index contributed by atoms with van der Waals surface area (Å²) in [6, 6.07) is 0. The molecule has 0 amide bonds. The number of hydrogen-bond donors (Lipinski definition) is 0. The van der Waals surface area contributed by atoms with E-state index in [1.165, 1.54) is 38.5 Å². The van der Waals surface area contributed by atoms with Crippen molar-refractivity contribution in [2.75, 3.05) is 6.61 Å². The number of unbranched alkanes of at least 4 members (excludes halogenated alkanes) is 12. The smallest absolute Gasteiger partial charge is 0.460 e. The third-order valence-electron chi connectivity index (χ3n) is 4.49. The molecule has 0 bridgehead atoms. The second kappa shape index (κ2) is 13.2. The number of esters is 1. The number of carbonyl (C=O) groups is 1. The first kappa shape index (κ1) is 27.0. The molecule has 0 radical (unpaired) electrons. The molecule has 2 nitrogen and oxygen atoms in total.